The van der Waals surface area contributed by atoms with Crippen molar-refractivity contribution in [2.75, 3.05) is 0 Å². The molecule has 23 heavy (non-hydrogen) atoms. The molecular formula is C17H16ClN3OS. The first-order valence-corrected chi connectivity index (χ1v) is 8.58. The summed E-state index contributed by atoms with van der Waals surface area (Å²) in [6, 6.07) is 15.4. The molecule has 2 heterocycles. The molecular weight excluding hydrogens is 330 g/mol. The van der Waals surface area contributed by atoms with Crippen LogP contribution < -0.4 is 4.73 Å². The highest BCUT2D eigenvalue weighted by molar-refractivity contribution is 7.98. The van der Waals surface area contributed by atoms with Gasteiger partial charge in [-0.05, 0) is 18.6 Å². The molecule has 2 aromatic heterocycles. The standard InChI is InChI=1S/C17H16ClN3OS/c1-13-15(12-23-16-9-5-6-10-21(16)22)17(18)20(19-13)11-14-7-3-2-4-8-14/h2-10H,11-12H2,1H3. The fourth-order valence-corrected chi connectivity index (χ4v) is 3.67. The highest BCUT2D eigenvalue weighted by atomic mass is 35.5. The van der Waals surface area contributed by atoms with Crippen LogP contribution in [0.2, 0.25) is 5.15 Å². The Morgan fingerprint density at radius 1 is 1.17 bits per heavy atom. The van der Waals surface area contributed by atoms with E-state index in [1.165, 1.54) is 18.0 Å². The molecule has 0 amide bonds. The van der Waals surface area contributed by atoms with Gasteiger partial charge in [-0.15, -0.1) is 0 Å². The lowest BCUT2D eigenvalue weighted by atomic mass is 10.2. The van der Waals surface area contributed by atoms with E-state index in [2.05, 4.69) is 5.10 Å². The van der Waals surface area contributed by atoms with Gasteiger partial charge in [0, 0.05) is 23.4 Å². The molecule has 0 unspecified atom stereocenters. The van der Waals surface area contributed by atoms with Crippen molar-refractivity contribution in [1.29, 1.82) is 0 Å². The minimum atomic E-state index is 0.617. The highest BCUT2D eigenvalue weighted by Crippen LogP contribution is 2.27. The Hall–Kier alpha value is -1.98. The van der Waals surface area contributed by atoms with Gasteiger partial charge in [-0.2, -0.15) is 9.83 Å². The van der Waals surface area contributed by atoms with Gasteiger partial charge in [-0.25, -0.2) is 4.68 Å². The number of halogens is 1. The number of benzene rings is 1. The lowest BCUT2D eigenvalue weighted by Crippen LogP contribution is -2.27. The quantitative estimate of drug-likeness (QED) is 0.401. The number of hydrogen-bond acceptors (Lipinski definition) is 3. The number of aromatic nitrogens is 3. The molecule has 0 bridgehead atoms. The largest absolute Gasteiger partial charge is 0.618 e. The molecule has 0 radical (unpaired) electrons. The van der Waals surface area contributed by atoms with Gasteiger partial charge in [0.1, 0.15) is 5.15 Å². The number of hydrogen-bond donors (Lipinski definition) is 0. The number of thioether (sulfide) groups is 1. The van der Waals surface area contributed by atoms with Crippen LogP contribution in [0.3, 0.4) is 0 Å². The summed E-state index contributed by atoms with van der Waals surface area (Å²) < 4.78 is 2.67. The van der Waals surface area contributed by atoms with E-state index in [4.69, 9.17) is 11.6 Å². The van der Waals surface area contributed by atoms with E-state index in [0.717, 1.165) is 21.6 Å². The minimum absolute atomic E-state index is 0.617. The van der Waals surface area contributed by atoms with Crippen LogP contribution in [0.1, 0.15) is 16.8 Å². The van der Waals surface area contributed by atoms with Crippen molar-refractivity contribution >= 4 is 23.4 Å². The molecule has 0 aliphatic carbocycles. The van der Waals surface area contributed by atoms with Crippen molar-refractivity contribution in [1.82, 2.24) is 9.78 Å². The molecule has 0 saturated carbocycles. The van der Waals surface area contributed by atoms with Crippen molar-refractivity contribution in [2.45, 2.75) is 24.2 Å². The van der Waals surface area contributed by atoms with Crippen LogP contribution >= 0.6 is 23.4 Å². The van der Waals surface area contributed by atoms with Gasteiger partial charge in [0.2, 0.25) is 0 Å². The van der Waals surface area contributed by atoms with E-state index >= 15 is 0 Å². The van der Waals surface area contributed by atoms with Crippen LogP contribution in [0.15, 0.2) is 59.8 Å². The molecule has 0 saturated heterocycles. The average Bonchev–Trinajstić information content (AvgIpc) is 2.82. The van der Waals surface area contributed by atoms with Crippen molar-refractivity contribution in [3.63, 3.8) is 0 Å². The summed E-state index contributed by atoms with van der Waals surface area (Å²) in [4.78, 5) is 0. The lowest BCUT2D eigenvalue weighted by Gasteiger charge is -2.05. The highest BCUT2D eigenvalue weighted by Gasteiger charge is 2.15. The molecule has 0 atom stereocenters. The third-order valence-electron chi connectivity index (χ3n) is 3.51. The molecule has 3 rings (SSSR count). The van der Waals surface area contributed by atoms with Crippen LogP contribution in [0, 0.1) is 12.1 Å². The average molecular weight is 346 g/mol. The Bertz CT molecular complexity index is 805. The fraction of sp³-hybridized carbons (Fsp3) is 0.176. The van der Waals surface area contributed by atoms with Gasteiger partial charge in [0.25, 0.3) is 5.03 Å². The molecule has 0 N–H and O–H groups in total. The van der Waals surface area contributed by atoms with Crippen molar-refractivity contribution < 1.29 is 4.73 Å². The molecule has 3 aromatic rings. The summed E-state index contributed by atoms with van der Waals surface area (Å²) in [6.45, 7) is 2.58. The smallest absolute Gasteiger partial charge is 0.251 e. The lowest BCUT2D eigenvalue weighted by molar-refractivity contribution is -0.645. The maximum Gasteiger partial charge on any atom is 0.251 e. The second kappa shape index (κ2) is 7.06. The van der Waals surface area contributed by atoms with Gasteiger partial charge in [0.15, 0.2) is 6.20 Å². The van der Waals surface area contributed by atoms with E-state index in [1.807, 2.05) is 43.3 Å². The Kier molecular flexibility index (Phi) is 4.88. The summed E-state index contributed by atoms with van der Waals surface area (Å²) in [5.74, 6) is 0.617. The van der Waals surface area contributed by atoms with Crippen LogP contribution in [0.4, 0.5) is 0 Å². The number of pyridine rings is 1. The van der Waals surface area contributed by atoms with E-state index in [9.17, 15) is 5.21 Å². The van der Waals surface area contributed by atoms with E-state index in [-0.39, 0.29) is 0 Å². The molecule has 4 nitrogen and oxygen atoms in total. The van der Waals surface area contributed by atoms with Crippen molar-refractivity contribution in [2.24, 2.45) is 0 Å². The summed E-state index contributed by atoms with van der Waals surface area (Å²) >= 11 is 7.95. The van der Waals surface area contributed by atoms with Gasteiger partial charge in [0.05, 0.1) is 12.2 Å². The Balaban J connectivity index is 1.77. The zero-order valence-corrected chi connectivity index (χ0v) is 14.2. The number of rotatable bonds is 5. The van der Waals surface area contributed by atoms with Crippen LogP contribution in [0.25, 0.3) is 0 Å². The third-order valence-corrected chi connectivity index (χ3v) is 4.98. The Labute approximate surface area is 144 Å². The summed E-state index contributed by atoms with van der Waals surface area (Å²) in [5.41, 5.74) is 3.01. The van der Waals surface area contributed by atoms with Gasteiger partial charge in [-0.1, -0.05) is 53.7 Å². The van der Waals surface area contributed by atoms with Crippen LogP contribution in [-0.2, 0) is 12.3 Å². The molecule has 0 spiro atoms. The zero-order chi connectivity index (χ0) is 16.2. The summed E-state index contributed by atoms with van der Waals surface area (Å²) in [5, 5.41) is 17.5. The van der Waals surface area contributed by atoms with Gasteiger partial charge < -0.3 is 5.21 Å². The van der Waals surface area contributed by atoms with Crippen molar-refractivity contribution in [3.8, 4) is 0 Å². The normalized spacial score (nSPS) is 10.9. The zero-order valence-electron chi connectivity index (χ0n) is 12.6. The molecule has 1 aromatic carbocycles. The maximum absolute atomic E-state index is 11.7. The number of aryl methyl sites for hydroxylation is 1. The maximum atomic E-state index is 11.7. The molecule has 0 aliphatic rings. The predicted molar refractivity (Wildman–Crippen MR) is 92.5 cm³/mol. The fourth-order valence-electron chi connectivity index (χ4n) is 2.29. The monoisotopic (exact) mass is 345 g/mol. The first-order valence-electron chi connectivity index (χ1n) is 7.22. The first kappa shape index (κ1) is 15.9. The second-order valence-corrected chi connectivity index (χ2v) is 6.51. The molecule has 0 aliphatic heterocycles. The van der Waals surface area contributed by atoms with Crippen LogP contribution in [0.5, 0.6) is 0 Å². The topological polar surface area (TPSA) is 44.8 Å². The van der Waals surface area contributed by atoms with Gasteiger partial charge >= 0.3 is 0 Å². The van der Waals surface area contributed by atoms with E-state index < -0.39 is 0 Å². The first-order chi connectivity index (χ1) is 11.1. The van der Waals surface area contributed by atoms with E-state index in [1.54, 1.807) is 16.8 Å². The molecule has 118 valence electrons. The Morgan fingerprint density at radius 2 is 1.91 bits per heavy atom. The van der Waals surface area contributed by atoms with Crippen molar-refractivity contribution in [3.05, 3.63) is 81.9 Å². The third kappa shape index (κ3) is 3.68. The molecule has 0 fully saturated rings. The van der Waals surface area contributed by atoms with Crippen LogP contribution in [-0.4, -0.2) is 9.78 Å². The molecule has 6 heteroatoms. The van der Waals surface area contributed by atoms with E-state index in [0.29, 0.717) is 22.5 Å². The Morgan fingerprint density at radius 3 is 2.65 bits per heavy atom. The summed E-state index contributed by atoms with van der Waals surface area (Å²) in [7, 11) is 0. The second-order valence-electron chi connectivity index (χ2n) is 5.15. The summed E-state index contributed by atoms with van der Waals surface area (Å²) in [6.07, 6.45) is 1.50. The van der Waals surface area contributed by atoms with Gasteiger partial charge in [-0.3, -0.25) is 0 Å². The minimum Gasteiger partial charge on any atom is -0.618 e. The number of nitrogens with zero attached hydrogens (tertiary/aromatic N) is 3. The predicted octanol–water partition coefficient (Wildman–Crippen LogP) is 3.82. The SMILES string of the molecule is Cc1nn(Cc2ccccc2)c(Cl)c1CSc1cccc[n+]1[O-].